The Morgan fingerprint density at radius 2 is 0.846 bits per heavy atom. The van der Waals surface area contributed by atoms with Crippen LogP contribution < -0.4 is 4.90 Å². The molecule has 52 heavy (non-hydrogen) atoms. The van der Waals surface area contributed by atoms with Gasteiger partial charge >= 0.3 is 0 Å². The molecule has 0 bridgehead atoms. The Kier molecular flexibility index (Phi) is 7.18. The van der Waals surface area contributed by atoms with Gasteiger partial charge in [0, 0.05) is 27.5 Å². The van der Waals surface area contributed by atoms with Crippen LogP contribution in [0.15, 0.2) is 205 Å². The molecule has 0 fully saturated rings. The number of rotatable bonds is 6. The zero-order chi connectivity index (χ0) is 34.4. The molecule has 10 aromatic rings. The van der Waals surface area contributed by atoms with Gasteiger partial charge in [0.15, 0.2) is 0 Å². The molecule has 0 aliphatic heterocycles. The molecule has 2 nitrogen and oxygen atoms in total. The highest BCUT2D eigenvalue weighted by Crippen LogP contribution is 2.44. The van der Waals surface area contributed by atoms with Crippen LogP contribution in [-0.2, 0) is 0 Å². The highest BCUT2D eigenvalue weighted by atomic mass is 16.3. The maximum absolute atomic E-state index is 6.52. The van der Waals surface area contributed by atoms with E-state index in [-0.39, 0.29) is 0 Å². The number of fused-ring (bicyclic) bond motifs is 6. The molecule has 0 atom stereocenters. The van der Waals surface area contributed by atoms with E-state index in [9.17, 15) is 0 Å². The average Bonchev–Trinajstić information content (AvgIpc) is 3.61. The van der Waals surface area contributed by atoms with E-state index in [2.05, 4.69) is 199 Å². The SMILES string of the molecule is c1ccc(-c2ccc(N(c3ccc4cc(-c5ccccc5)ccc4c3)c3cccc4c3ccc3oc5cc(-c6ccccc6)ccc5c34)cc2)cc1. The van der Waals surface area contributed by atoms with Crippen LogP contribution >= 0.6 is 0 Å². The van der Waals surface area contributed by atoms with Gasteiger partial charge in [-0.1, -0.05) is 140 Å². The fourth-order valence-corrected chi connectivity index (χ4v) is 7.66. The van der Waals surface area contributed by atoms with Crippen LogP contribution in [0, 0.1) is 0 Å². The molecular formula is C50H33NO. The highest BCUT2D eigenvalue weighted by molar-refractivity contribution is 6.21. The molecule has 0 unspecified atom stereocenters. The van der Waals surface area contributed by atoms with Crippen molar-refractivity contribution in [3.05, 3.63) is 200 Å². The van der Waals surface area contributed by atoms with Gasteiger partial charge in [-0.3, -0.25) is 0 Å². The summed E-state index contributed by atoms with van der Waals surface area (Å²) in [5.41, 5.74) is 12.3. The average molecular weight is 664 g/mol. The molecule has 0 saturated carbocycles. The van der Waals surface area contributed by atoms with Crippen molar-refractivity contribution in [3.63, 3.8) is 0 Å². The second-order valence-corrected chi connectivity index (χ2v) is 13.4. The predicted octanol–water partition coefficient (Wildman–Crippen LogP) is 14.4. The summed E-state index contributed by atoms with van der Waals surface area (Å²) in [7, 11) is 0. The predicted molar refractivity (Wildman–Crippen MR) is 220 cm³/mol. The summed E-state index contributed by atoms with van der Waals surface area (Å²) in [6.45, 7) is 0. The Hall–Kier alpha value is -6.90. The monoisotopic (exact) mass is 663 g/mol. The Balaban J connectivity index is 1.14. The van der Waals surface area contributed by atoms with Crippen LogP contribution in [0.1, 0.15) is 0 Å². The molecule has 0 N–H and O–H groups in total. The smallest absolute Gasteiger partial charge is 0.136 e. The molecule has 1 aromatic heterocycles. The van der Waals surface area contributed by atoms with Gasteiger partial charge in [-0.05, 0) is 110 Å². The van der Waals surface area contributed by atoms with Gasteiger partial charge in [0.05, 0.1) is 5.69 Å². The molecule has 0 amide bonds. The number of hydrogen-bond acceptors (Lipinski definition) is 2. The van der Waals surface area contributed by atoms with E-state index in [0.717, 1.165) is 50.0 Å². The minimum atomic E-state index is 0.892. The van der Waals surface area contributed by atoms with Crippen molar-refractivity contribution < 1.29 is 4.42 Å². The van der Waals surface area contributed by atoms with Gasteiger partial charge in [0.1, 0.15) is 11.2 Å². The van der Waals surface area contributed by atoms with Gasteiger partial charge in [0.2, 0.25) is 0 Å². The van der Waals surface area contributed by atoms with Crippen LogP contribution in [0.3, 0.4) is 0 Å². The van der Waals surface area contributed by atoms with Crippen LogP contribution in [0.5, 0.6) is 0 Å². The molecule has 2 heteroatoms. The minimum absolute atomic E-state index is 0.892. The fourth-order valence-electron chi connectivity index (χ4n) is 7.66. The van der Waals surface area contributed by atoms with E-state index >= 15 is 0 Å². The van der Waals surface area contributed by atoms with Gasteiger partial charge in [-0.15, -0.1) is 0 Å². The minimum Gasteiger partial charge on any atom is -0.456 e. The van der Waals surface area contributed by atoms with Gasteiger partial charge in [-0.25, -0.2) is 0 Å². The van der Waals surface area contributed by atoms with E-state index in [1.165, 1.54) is 44.0 Å². The summed E-state index contributed by atoms with van der Waals surface area (Å²) in [5.74, 6) is 0. The Bertz CT molecular complexity index is 2870. The van der Waals surface area contributed by atoms with E-state index in [1.54, 1.807) is 0 Å². The van der Waals surface area contributed by atoms with Crippen molar-refractivity contribution in [1.82, 2.24) is 0 Å². The lowest BCUT2D eigenvalue weighted by Gasteiger charge is -2.27. The summed E-state index contributed by atoms with van der Waals surface area (Å²) in [6, 6.07) is 71.7. The number of hydrogen-bond donors (Lipinski definition) is 0. The molecule has 244 valence electrons. The zero-order valence-corrected chi connectivity index (χ0v) is 28.4. The van der Waals surface area contributed by atoms with E-state index < -0.39 is 0 Å². The zero-order valence-electron chi connectivity index (χ0n) is 28.4. The van der Waals surface area contributed by atoms with Crippen molar-refractivity contribution in [2.24, 2.45) is 0 Å². The van der Waals surface area contributed by atoms with Crippen molar-refractivity contribution in [3.8, 4) is 33.4 Å². The molecule has 0 aliphatic rings. The van der Waals surface area contributed by atoms with E-state index in [0.29, 0.717) is 0 Å². The molecule has 0 aliphatic carbocycles. The fraction of sp³-hybridized carbons (Fsp3) is 0. The third-order valence-electron chi connectivity index (χ3n) is 10.2. The maximum Gasteiger partial charge on any atom is 0.136 e. The molecule has 0 saturated heterocycles. The maximum atomic E-state index is 6.52. The van der Waals surface area contributed by atoms with E-state index in [4.69, 9.17) is 4.42 Å². The topological polar surface area (TPSA) is 16.4 Å². The van der Waals surface area contributed by atoms with E-state index in [1.807, 2.05) is 6.07 Å². The molecule has 0 radical (unpaired) electrons. The molecular weight excluding hydrogens is 631 g/mol. The summed E-state index contributed by atoms with van der Waals surface area (Å²) in [5, 5.41) is 7.00. The van der Waals surface area contributed by atoms with Crippen molar-refractivity contribution >= 4 is 60.5 Å². The first-order chi connectivity index (χ1) is 25.8. The largest absolute Gasteiger partial charge is 0.456 e. The first-order valence-corrected chi connectivity index (χ1v) is 17.8. The molecule has 1 heterocycles. The summed E-state index contributed by atoms with van der Waals surface area (Å²) in [6.07, 6.45) is 0. The van der Waals surface area contributed by atoms with Gasteiger partial charge in [0.25, 0.3) is 0 Å². The van der Waals surface area contributed by atoms with Crippen molar-refractivity contribution in [2.75, 3.05) is 4.90 Å². The number of benzene rings is 9. The van der Waals surface area contributed by atoms with Crippen molar-refractivity contribution in [1.29, 1.82) is 0 Å². The molecule has 0 spiro atoms. The first kappa shape index (κ1) is 30.0. The Morgan fingerprint density at radius 3 is 1.56 bits per heavy atom. The normalized spacial score (nSPS) is 11.5. The lowest BCUT2D eigenvalue weighted by Crippen LogP contribution is -2.10. The molecule has 10 rings (SSSR count). The van der Waals surface area contributed by atoms with Crippen LogP contribution in [-0.4, -0.2) is 0 Å². The van der Waals surface area contributed by atoms with Crippen LogP contribution in [0.4, 0.5) is 17.1 Å². The standard InChI is InChI=1S/C50H33NO/c1-4-11-34(12-5-1)37-21-25-42(26-22-37)51(43-27-23-39-31-38(19-20-40(39)32-43)35-13-6-2-7-14-35)47-18-10-17-45-44(47)29-30-48-50(45)46-28-24-41(33-49(46)52-48)36-15-8-3-9-16-36/h1-33H. The summed E-state index contributed by atoms with van der Waals surface area (Å²) < 4.78 is 6.52. The lowest BCUT2D eigenvalue weighted by atomic mass is 9.98. The summed E-state index contributed by atoms with van der Waals surface area (Å²) >= 11 is 0. The van der Waals surface area contributed by atoms with Gasteiger partial charge in [-0.2, -0.15) is 0 Å². The van der Waals surface area contributed by atoms with Crippen molar-refractivity contribution in [2.45, 2.75) is 0 Å². The van der Waals surface area contributed by atoms with Gasteiger partial charge < -0.3 is 9.32 Å². The van der Waals surface area contributed by atoms with Crippen LogP contribution in [0.25, 0.3) is 76.9 Å². The third-order valence-corrected chi connectivity index (χ3v) is 10.2. The highest BCUT2D eigenvalue weighted by Gasteiger charge is 2.19. The third kappa shape index (κ3) is 5.21. The number of nitrogens with zero attached hydrogens (tertiary/aromatic N) is 1. The Morgan fingerprint density at radius 1 is 0.308 bits per heavy atom. The second kappa shape index (κ2) is 12.5. The number of anilines is 3. The Labute approximate surface area is 302 Å². The lowest BCUT2D eigenvalue weighted by molar-refractivity contribution is 0.669. The van der Waals surface area contributed by atoms with Crippen LogP contribution in [0.2, 0.25) is 0 Å². The molecule has 9 aromatic carbocycles. The second-order valence-electron chi connectivity index (χ2n) is 13.4. The number of furan rings is 1. The first-order valence-electron chi connectivity index (χ1n) is 17.8. The quantitative estimate of drug-likeness (QED) is 0.176. The summed E-state index contributed by atoms with van der Waals surface area (Å²) in [4.78, 5) is 2.39.